The standard InChI is InChI=1S/C53H64N6O6/c1-30(2)40(28-47(60)64-5)51(61)58-23-9-7-11-45(58)44-27-36(29-54-44)32-13-15-33(16-14-32)38-21-20-37(41-25-34-17-19-39(34)48(38)41)35-18-22-42-43(26-35)56-50(55-42)46-12-8-10-24-59(46)52(62)49(31(3)4)57-53(63)65-6/h13-16,18,20-22,26,29-31,34,39-40,45-46,49H,7-12,17,19,23-25,27-28H2,1-6H3,(H,55,56)(H,57,63)/t34?,39?,40-,45-,46-,49-/m0/s1. The molecule has 342 valence electrons. The summed E-state index contributed by atoms with van der Waals surface area (Å²) in [4.78, 5) is 69.8. The largest absolute Gasteiger partial charge is 0.469 e. The number of carbonyl (C=O) groups excluding carboxylic acids is 4. The number of likely N-dealkylation sites (tertiary alicyclic amines) is 2. The van der Waals surface area contributed by atoms with Crippen LogP contribution in [0.4, 0.5) is 4.79 Å². The van der Waals surface area contributed by atoms with Crippen LogP contribution in [-0.4, -0.2) is 88.7 Å². The van der Waals surface area contributed by atoms with Gasteiger partial charge in [0.2, 0.25) is 11.8 Å². The van der Waals surface area contributed by atoms with Crippen LogP contribution in [-0.2, 0) is 30.3 Å². The van der Waals surface area contributed by atoms with Crippen molar-refractivity contribution in [3.63, 3.8) is 0 Å². The van der Waals surface area contributed by atoms with Gasteiger partial charge in [-0.15, -0.1) is 0 Å². The number of hydrogen-bond acceptors (Lipinski definition) is 8. The van der Waals surface area contributed by atoms with E-state index < -0.39 is 18.1 Å². The van der Waals surface area contributed by atoms with Crippen molar-refractivity contribution in [3.8, 4) is 22.3 Å². The number of hydrogen-bond donors (Lipinski definition) is 2. The molecule has 3 aliphatic heterocycles. The average Bonchev–Trinajstić information content (AvgIpc) is 4.05. The normalized spacial score (nSPS) is 22.5. The molecule has 6 atom stereocenters. The number of rotatable bonds is 12. The van der Waals surface area contributed by atoms with Crippen LogP contribution in [0.3, 0.4) is 0 Å². The second-order valence-electron chi connectivity index (χ2n) is 19.7. The average molecular weight is 881 g/mol. The molecule has 3 fully saturated rings. The van der Waals surface area contributed by atoms with E-state index in [2.05, 4.69) is 64.9 Å². The van der Waals surface area contributed by atoms with Gasteiger partial charge in [0.15, 0.2) is 0 Å². The van der Waals surface area contributed by atoms with Gasteiger partial charge in [-0.2, -0.15) is 0 Å². The Morgan fingerprint density at radius 3 is 2.14 bits per heavy atom. The summed E-state index contributed by atoms with van der Waals surface area (Å²) in [6.45, 7) is 9.16. The number of amides is 3. The van der Waals surface area contributed by atoms with E-state index in [0.29, 0.717) is 31.3 Å². The Labute approximate surface area is 382 Å². The predicted molar refractivity (Wildman–Crippen MR) is 253 cm³/mol. The number of carbonyl (C=O) groups is 4. The Balaban J connectivity index is 0.929. The van der Waals surface area contributed by atoms with Gasteiger partial charge in [0.25, 0.3) is 0 Å². The number of piperidine rings is 2. The van der Waals surface area contributed by atoms with Crippen LogP contribution in [0.1, 0.15) is 126 Å². The summed E-state index contributed by atoms with van der Waals surface area (Å²) in [5.74, 6) is 1.10. The first-order chi connectivity index (χ1) is 31.4. The van der Waals surface area contributed by atoms with E-state index in [1.807, 2.05) is 43.7 Å². The lowest BCUT2D eigenvalue weighted by molar-refractivity contribution is -0.149. The van der Waals surface area contributed by atoms with Gasteiger partial charge >= 0.3 is 12.1 Å². The first-order valence-corrected chi connectivity index (χ1v) is 24.0. The molecule has 2 saturated heterocycles. The van der Waals surface area contributed by atoms with Crippen molar-refractivity contribution >= 4 is 46.2 Å². The monoisotopic (exact) mass is 880 g/mol. The number of ether oxygens (including phenoxy) is 2. The predicted octanol–water partition coefficient (Wildman–Crippen LogP) is 9.78. The van der Waals surface area contributed by atoms with Crippen molar-refractivity contribution in [1.82, 2.24) is 25.1 Å². The van der Waals surface area contributed by atoms with E-state index in [4.69, 9.17) is 19.5 Å². The van der Waals surface area contributed by atoms with Gasteiger partial charge in [-0.25, -0.2) is 9.78 Å². The van der Waals surface area contributed by atoms with Gasteiger partial charge in [0.1, 0.15) is 11.9 Å². The summed E-state index contributed by atoms with van der Waals surface area (Å²) in [5, 5.41) is 2.76. The number of fused-ring (bicyclic) bond motifs is 4. The van der Waals surface area contributed by atoms with E-state index in [0.717, 1.165) is 84.2 Å². The SMILES string of the molecule is COC(=O)C[C@H](C(=O)N1CCCC[C@H]1C1=NC=C(c2ccc(-c3ccc(-c4ccc5nc([C@@H]6CCCCN6C(=O)[C@@H](NC(=O)OC)C(C)C)[nH]c5c4)c4c3C3CCC3C4)cc2)C1)C(C)C. The number of H-pyrrole nitrogens is 1. The maximum absolute atomic E-state index is 13.9. The number of allylic oxidation sites excluding steroid dienone is 1. The molecular weight excluding hydrogens is 817 g/mol. The lowest BCUT2D eigenvalue weighted by atomic mass is 9.73. The van der Waals surface area contributed by atoms with Crippen molar-refractivity contribution in [3.05, 3.63) is 83.3 Å². The van der Waals surface area contributed by atoms with E-state index >= 15 is 0 Å². The van der Waals surface area contributed by atoms with Crippen LogP contribution in [0.2, 0.25) is 0 Å². The summed E-state index contributed by atoms with van der Waals surface area (Å²) in [7, 11) is 2.69. The molecule has 12 heteroatoms. The number of alkyl carbamates (subject to hydrolysis) is 1. The fraction of sp³-hybridized carbons (Fsp3) is 0.509. The Morgan fingerprint density at radius 1 is 0.769 bits per heavy atom. The van der Waals surface area contributed by atoms with Crippen molar-refractivity contribution in [2.24, 2.45) is 28.7 Å². The maximum Gasteiger partial charge on any atom is 0.407 e. The molecule has 2 N–H and O–H groups in total. The molecule has 12 nitrogen and oxygen atoms in total. The molecule has 2 aliphatic carbocycles. The van der Waals surface area contributed by atoms with Gasteiger partial charge in [0.05, 0.1) is 49.7 Å². The number of methoxy groups -OCH3 is 2. The summed E-state index contributed by atoms with van der Waals surface area (Å²) in [6, 6.07) is 19.2. The number of aromatic nitrogens is 2. The highest BCUT2D eigenvalue weighted by molar-refractivity contribution is 6.03. The molecule has 2 unspecified atom stereocenters. The lowest BCUT2D eigenvalue weighted by Gasteiger charge is -2.38. The smallest absolute Gasteiger partial charge is 0.407 e. The number of esters is 1. The van der Waals surface area contributed by atoms with Crippen molar-refractivity contribution in [1.29, 1.82) is 0 Å². The molecule has 0 spiro atoms. The van der Waals surface area contributed by atoms with Crippen LogP contribution < -0.4 is 5.32 Å². The molecule has 5 aliphatic rings. The highest BCUT2D eigenvalue weighted by atomic mass is 16.5. The van der Waals surface area contributed by atoms with Crippen LogP contribution >= 0.6 is 0 Å². The molecule has 0 radical (unpaired) electrons. The Bertz CT molecular complexity index is 2540. The Hall–Kier alpha value is -5.78. The second kappa shape index (κ2) is 18.6. The van der Waals surface area contributed by atoms with Gasteiger partial charge in [0, 0.05) is 31.4 Å². The summed E-state index contributed by atoms with van der Waals surface area (Å²) >= 11 is 0. The van der Waals surface area contributed by atoms with Crippen LogP contribution in [0.15, 0.2) is 65.8 Å². The molecule has 1 saturated carbocycles. The third kappa shape index (κ3) is 8.61. The van der Waals surface area contributed by atoms with E-state index in [1.54, 1.807) is 0 Å². The van der Waals surface area contributed by atoms with E-state index in [9.17, 15) is 19.2 Å². The van der Waals surface area contributed by atoms with Gasteiger partial charge in [-0.05, 0) is 138 Å². The minimum atomic E-state index is -0.687. The van der Waals surface area contributed by atoms with Gasteiger partial charge in [-0.3, -0.25) is 19.4 Å². The molecule has 4 aromatic rings. The van der Waals surface area contributed by atoms with Crippen LogP contribution in [0, 0.1) is 23.7 Å². The summed E-state index contributed by atoms with van der Waals surface area (Å²) in [6.07, 6.45) is 11.3. The number of nitrogens with zero attached hydrogens (tertiary/aromatic N) is 4. The van der Waals surface area contributed by atoms with Crippen molar-refractivity contribution < 1.29 is 28.7 Å². The molecule has 9 rings (SSSR count). The van der Waals surface area contributed by atoms with Crippen LogP contribution in [0.25, 0.3) is 38.9 Å². The number of aliphatic imine (C=N–C) groups is 1. The third-order valence-corrected chi connectivity index (χ3v) is 15.1. The summed E-state index contributed by atoms with van der Waals surface area (Å²) < 4.78 is 9.79. The fourth-order valence-corrected chi connectivity index (χ4v) is 11.3. The van der Waals surface area contributed by atoms with Gasteiger partial charge in [-0.1, -0.05) is 70.2 Å². The van der Waals surface area contributed by atoms with E-state index in [1.165, 1.54) is 54.9 Å². The maximum atomic E-state index is 13.9. The molecule has 3 amide bonds. The number of benzene rings is 3. The lowest BCUT2D eigenvalue weighted by Crippen LogP contribution is -2.53. The number of nitrogens with one attached hydrogen (secondary N) is 2. The third-order valence-electron chi connectivity index (χ3n) is 15.1. The fourth-order valence-electron chi connectivity index (χ4n) is 11.3. The van der Waals surface area contributed by atoms with Crippen molar-refractivity contribution in [2.45, 2.75) is 122 Å². The molecular formula is C53H64N6O6. The topological polar surface area (TPSA) is 146 Å². The van der Waals surface area contributed by atoms with Crippen LogP contribution in [0.5, 0.6) is 0 Å². The number of aromatic amines is 1. The first-order valence-electron chi connectivity index (χ1n) is 24.0. The highest BCUT2D eigenvalue weighted by Gasteiger charge is 2.43. The molecule has 4 heterocycles. The zero-order chi connectivity index (χ0) is 45.5. The second-order valence-corrected chi connectivity index (χ2v) is 19.7. The Morgan fingerprint density at radius 2 is 1.46 bits per heavy atom. The minimum absolute atomic E-state index is 0.0256. The quantitative estimate of drug-likeness (QED) is 0.135. The molecule has 0 bridgehead atoms. The molecule has 65 heavy (non-hydrogen) atoms. The van der Waals surface area contributed by atoms with Crippen molar-refractivity contribution in [2.75, 3.05) is 27.3 Å². The Kier molecular flexibility index (Phi) is 12.7. The molecule has 1 aromatic heterocycles. The first kappa shape index (κ1) is 44.4. The summed E-state index contributed by atoms with van der Waals surface area (Å²) in [5.41, 5.74) is 13.1. The van der Waals surface area contributed by atoms with Gasteiger partial charge < -0.3 is 29.6 Å². The molecule has 3 aromatic carbocycles. The zero-order valence-electron chi connectivity index (χ0n) is 38.8. The van der Waals surface area contributed by atoms with E-state index in [-0.39, 0.29) is 48.1 Å². The zero-order valence-corrected chi connectivity index (χ0v) is 38.8. The number of imidazole rings is 1. The highest BCUT2D eigenvalue weighted by Crippen LogP contribution is 2.56. The minimum Gasteiger partial charge on any atom is -0.469 e.